The zero-order chi connectivity index (χ0) is 9.84. The van der Waals surface area contributed by atoms with Crippen LogP contribution in [0.25, 0.3) is 0 Å². The second-order valence-electron chi connectivity index (χ2n) is 2.93. The maximum absolute atomic E-state index is 8.98. The van der Waals surface area contributed by atoms with Crippen molar-refractivity contribution in [3.05, 3.63) is 16.1 Å². The minimum atomic E-state index is -0.819. The first-order chi connectivity index (χ1) is 6.15. The highest BCUT2D eigenvalue weighted by Gasteiger charge is 2.16. The minimum Gasteiger partial charge on any atom is -0.396 e. The Kier molecular flexibility index (Phi) is 3.80. The molecule has 1 aromatic heterocycles. The summed E-state index contributed by atoms with van der Waals surface area (Å²) < 4.78 is 1.90. The Hall–Kier alpha value is -0.490. The number of thiazole rings is 1. The monoisotopic (exact) mass is 203 g/mol. The smallest absolute Gasteiger partial charge is 0.225 e. The van der Waals surface area contributed by atoms with Gasteiger partial charge in [-0.2, -0.15) is 4.57 Å². The molecule has 1 unspecified atom stereocenters. The summed E-state index contributed by atoms with van der Waals surface area (Å²) in [6.07, 6.45) is -0.148. The summed E-state index contributed by atoms with van der Waals surface area (Å²) in [6, 6.07) is 0. The van der Waals surface area contributed by atoms with Crippen LogP contribution in [0, 0.1) is 6.92 Å². The van der Waals surface area contributed by atoms with Gasteiger partial charge in [-0.05, 0) is 0 Å². The number of hydrogen-bond acceptors (Lipinski definition) is 4. The van der Waals surface area contributed by atoms with Crippen molar-refractivity contribution >= 4 is 11.3 Å². The predicted molar refractivity (Wildman–Crippen MR) is 50.2 cm³/mol. The molecule has 1 rings (SSSR count). The topological polar surface area (TPSA) is 70.4 Å². The summed E-state index contributed by atoms with van der Waals surface area (Å²) in [7, 11) is 0. The van der Waals surface area contributed by atoms with Gasteiger partial charge in [-0.25, -0.2) is 0 Å². The first kappa shape index (κ1) is 10.6. The number of nitrogens with two attached hydrogens (primary N) is 1. The molecular weight excluding hydrogens is 188 g/mol. The Morgan fingerprint density at radius 1 is 1.69 bits per heavy atom. The maximum Gasteiger partial charge on any atom is 0.225 e. The lowest BCUT2D eigenvalue weighted by Gasteiger charge is -1.98. The summed E-state index contributed by atoms with van der Waals surface area (Å²) in [5.41, 5.74) is 8.25. The molecule has 0 saturated heterocycles. The molecule has 4 nitrogen and oxygen atoms in total. The van der Waals surface area contributed by atoms with Crippen LogP contribution in [-0.4, -0.2) is 23.0 Å². The average molecular weight is 203 g/mol. The molecule has 0 radical (unpaired) electrons. The van der Waals surface area contributed by atoms with Crippen molar-refractivity contribution in [3.63, 3.8) is 0 Å². The fraction of sp³-hybridized carbons (Fsp3) is 0.625. The van der Waals surface area contributed by atoms with Crippen LogP contribution in [0.3, 0.4) is 0 Å². The highest BCUT2D eigenvalue weighted by Crippen LogP contribution is 2.10. The van der Waals surface area contributed by atoms with Gasteiger partial charge in [0.05, 0.1) is 4.88 Å². The number of aliphatic hydroxyl groups excluding tert-OH is 2. The van der Waals surface area contributed by atoms with Crippen molar-refractivity contribution in [2.45, 2.75) is 26.1 Å². The van der Waals surface area contributed by atoms with Crippen LogP contribution < -0.4 is 10.3 Å². The molecule has 4 N–H and O–H groups in total. The summed E-state index contributed by atoms with van der Waals surface area (Å²) in [5.74, 6) is 0. The van der Waals surface area contributed by atoms with Gasteiger partial charge in [-0.3, -0.25) is 0 Å². The highest BCUT2D eigenvalue weighted by molar-refractivity contribution is 7.09. The maximum atomic E-state index is 8.98. The van der Waals surface area contributed by atoms with Gasteiger partial charge in [-0.15, -0.1) is 0 Å². The van der Waals surface area contributed by atoms with E-state index in [-0.39, 0.29) is 6.61 Å². The van der Waals surface area contributed by atoms with E-state index in [9.17, 15) is 0 Å². The zero-order valence-electron chi connectivity index (χ0n) is 7.60. The van der Waals surface area contributed by atoms with E-state index in [1.807, 2.05) is 17.0 Å². The van der Waals surface area contributed by atoms with Gasteiger partial charge < -0.3 is 15.9 Å². The van der Waals surface area contributed by atoms with E-state index in [1.54, 1.807) is 11.3 Å². The minimum absolute atomic E-state index is 0.159. The second-order valence-corrected chi connectivity index (χ2v) is 3.86. The summed E-state index contributed by atoms with van der Waals surface area (Å²) in [4.78, 5) is 1.14. The van der Waals surface area contributed by atoms with Crippen molar-refractivity contribution in [1.29, 1.82) is 0 Å². The molecule has 5 heteroatoms. The molecule has 0 fully saturated rings. The van der Waals surface area contributed by atoms with Gasteiger partial charge in [-0.1, -0.05) is 11.3 Å². The quantitative estimate of drug-likeness (QED) is 0.441. The molecule has 0 aliphatic carbocycles. The van der Waals surface area contributed by atoms with Crippen molar-refractivity contribution in [2.75, 3.05) is 6.61 Å². The summed E-state index contributed by atoms with van der Waals surface area (Å²) >= 11 is 1.58. The number of hydrogen-bond donors (Lipinski definition) is 3. The Morgan fingerprint density at radius 2 is 2.38 bits per heavy atom. The fourth-order valence-electron chi connectivity index (χ4n) is 1.17. The lowest BCUT2D eigenvalue weighted by molar-refractivity contribution is -0.704. The van der Waals surface area contributed by atoms with Crippen LogP contribution in [0.2, 0.25) is 0 Å². The fourth-order valence-corrected chi connectivity index (χ4v) is 2.17. The first-order valence-corrected chi connectivity index (χ1v) is 5.04. The van der Waals surface area contributed by atoms with Crippen LogP contribution in [0.4, 0.5) is 0 Å². The van der Waals surface area contributed by atoms with Crippen LogP contribution in [0.15, 0.2) is 5.51 Å². The average Bonchev–Trinajstić information content (AvgIpc) is 2.36. The predicted octanol–water partition coefficient (Wildman–Crippen LogP) is -0.844. The van der Waals surface area contributed by atoms with Crippen molar-refractivity contribution in [1.82, 2.24) is 0 Å². The molecule has 74 valence electrons. The summed E-state index contributed by atoms with van der Waals surface area (Å²) in [6.45, 7) is 2.53. The molecule has 0 saturated carbocycles. The Labute approximate surface area is 81.3 Å². The van der Waals surface area contributed by atoms with E-state index < -0.39 is 6.23 Å². The number of nitrogens with zero attached hydrogens (tertiary/aromatic N) is 1. The van der Waals surface area contributed by atoms with Crippen molar-refractivity contribution < 1.29 is 14.8 Å². The van der Waals surface area contributed by atoms with Gasteiger partial charge in [0.2, 0.25) is 5.51 Å². The van der Waals surface area contributed by atoms with Gasteiger partial charge in [0.1, 0.15) is 0 Å². The molecule has 1 atom stereocenters. The second kappa shape index (κ2) is 4.66. The standard InChI is InChI=1S/C8H15N2O2S/c1-6-7(2-3-11)13-5-10(6)4-8(9)12/h5,8,11-12H,2-4,9H2,1H3/q+1. The zero-order valence-corrected chi connectivity index (χ0v) is 8.42. The lowest BCUT2D eigenvalue weighted by atomic mass is 10.3. The van der Waals surface area contributed by atoms with Crippen LogP contribution >= 0.6 is 11.3 Å². The molecule has 13 heavy (non-hydrogen) atoms. The van der Waals surface area contributed by atoms with Gasteiger partial charge in [0.25, 0.3) is 0 Å². The molecular formula is C8H15N2O2S+. The molecule has 0 aliphatic rings. The molecule has 1 aromatic rings. The molecule has 0 amide bonds. The normalized spacial score (nSPS) is 13.2. The van der Waals surface area contributed by atoms with Gasteiger partial charge in [0.15, 0.2) is 18.5 Å². The van der Waals surface area contributed by atoms with E-state index >= 15 is 0 Å². The highest BCUT2D eigenvalue weighted by atomic mass is 32.1. The third-order valence-electron chi connectivity index (χ3n) is 1.88. The molecule has 0 aliphatic heterocycles. The largest absolute Gasteiger partial charge is 0.396 e. The van der Waals surface area contributed by atoms with E-state index in [0.717, 1.165) is 10.6 Å². The Bertz CT molecular complexity index is 273. The molecule has 0 spiro atoms. The van der Waals surface area contributed by atoms with Gasteiger partial charge >= 0.3 is 0 Å². The SMILES string of the molecule is Cc1c(CCO)sc[n+]1CC(N)O. The first-order valence-electron chi connectivity index (χ1n) is 4.16. The van der Waals surface area contributed by atoms with Crippen molar-refractivity contribution in [3.8, 4) is 0 Å². The van der Waals surface area contributed by atoms with Crippen molar-refractivity contribution in [2.24, 2.45) is 5.73 Å². The van der Waals surface area contributed by atoms with E-state index in [4.69, 9.17) is 15.9 Å². The van der Waals surface area contributed by atoms with Crippen LogP contribution in [-0.2, 0) is 13.0 Å². The molecule has 1 heterocycles. The van der Waals surface area contributed by atoms with E-state index in [1.165, 1.54) is 0 Å². The molecule has 0 bridgehead atoms. The van der Waals surface area contributed by atoms with E-state index in [0.29, 0.717) is 13.0 Å². The number of aliphatic hydroxyl groups is 2. The lowest BCUT2D eigenvalue weighted by Crippen LogP contribution is -2.44. The van der Waals surface area contributed by atoms with Crippen LogP contribution in [0.5, 0.6) is 0 Å². The van der Waals surface area contributed by atoms with Gasteiger partial charge in [0, 0.05) is 20.0 Å². The Morgan fingerprint density at radius 3 is 2.92 bits per heavy atom. The number of rotatable bonds is 4. The number of aromatic nitrogens is 1. The molecule has 0 aromatic carbocycles. The van der Waals surface area contributed by atoms with E-state index in [2.05, 4.69) is 0 Å². The Balaban J connectivity index is 2.74. The third kappa shape index (κ3) is 2.73. The third-order valence-corrected chi connectivity index (χ3v) is 3.02. The van der Waals surface area contributed by atoms with Crippen LogP contribution in [0.1, 0.15) is 10.6 Å². The summed E-state index contributed by atoms with van der Waals surface area (Å²) in [5, 5.41) is 17.7.